The molecule has 1 aliphatic rings. The number of halogens is 3. The molecule has 27 heavy (non-hydrogen) atoms. The molecule has 2 aromatic rings. The van der Waals surface area contributed by atoms with Crippen LogP contribution >= 0.6 is 23.2 Å². The molecule has 1 aromatic carbocycles. The molecule has 1 fully saturated rings. The van der Waals surface area contributed by atoms with E-state index >= 15 is 0 Å². The normalized spacial score (nSPS) is 15.4. The molecule has 0 saturated carbocycles. The third kappa shape index (κ3) is 4.19. The summed E-state index contributed by atoms with van der Waals surface area (Å²) < 4.78 is 20.0. The van der Waals surface area contributed by atoms with Crippen LogP contribution in [0.15, 0.2) is 6.07 Å². The topological polar surface area (TPSA) is 58.6 Å². The second-order valence-corrected chi connectivity index (χ2v) is 8.21. The van der Waals surface area contributed by atoms with Crippen LogP contribution in [0.1, 0.15) is 26.3 Å². The Labute approximate surface area is 167 Å². The minimum atomic E-state index is -0.545. The highest BCUT2D eigenvalue weighted by molar-refractivity contribution is 6.32. The fourth-order valence-electron chi connectivity index (χ4n) is 2.92. The summed E-state index contributed by atoms with van der Waals surface area (Å²) in [4.78, 5) is 24.1. The van der Waals surface area contributed by atoms with Crippen LogP contribution in [-0.4, -0.2) is 52.7 Å². The van der Waals surface area contributed by atoms with Gasteiger partial charge in [0.05, 0.1) is 0 Å². The predicted molar refractivity (Wildman–Crippen MR) is 104 cm³/mol. The Kier molecular flexibility index (Phi) is 5.36. The van der Waals surface area contributed by atoms with E-state index in [1.807, 2.05) is 25.7 Å². The lowest BCUT2D eigenvalue weighted by Crippen LogP contribution is -2.50. The van der Waals surface area contributed by atoms with Crippen molar-refractivity contribution >= 4 is 46.0 Å². The summed E-state index contributed by atoms with van der Waals surface area (Å²) in [7, 11) is 0. The van der Waals surface area contributed by atoms with Gasteiger partial charge in [0, 0.05) is 42.2 Å². The van der Waals surface area contributed by atoms with Crippen LogP contribution in [0, 0.1) is 12.7 Å². The molecule has 0 aliphatic carbocycles. The SMILES string of the molecule is Cc1c(Cl)cc2c(N3CCN(C(=O)OC(C)(C)C)CC3)nc(Cl)nc2c1F. The summed E-state index contributed by atoms with van der Waals surface area (Å²) >= 11 is 12.2. The molecule has 6 nitrogen and oxygen atoms in total. The molecular formula is C18H21Cl2FN4O2. The van der Waals surface area contributed by atoms with Crippen LogP contribution < -0.4 is 4.90 Å². The zero-order chi connectivity index (χ0) is 19.9. The van der Waals surface area contributed by atoms with E-state index in [1.54, 1.807) is 17.9 Å². The fourth-order valence-corrected chi connectivity index (χ4v) is 3.27. The van der Waals surface area contributed by atoms with E-state index in [4.69, 9.17) is 27.9 Å². The first kappa shape index (κ1) is 19.9. The van der Waals surface area contributed by atoms with Gasteiger partial charge in [-0.1, -0.05) is 11.6 Å². The summed E-state index contributed by atoms with van der Waals surface area (Å²) in [5, 5.41) is 0.769. The van der Waals surface area contributed by atoms with Crippen molar-refractivity contribution in [3.63, 3.8) is 0 Å². The van der Waals surface area contributed by atoms with Crippen molar-refractivity contribution in [1.82, 2.24) is 14.9 Å². The Balaban J connectivity index is 1.86. The highest BCUT2D eigenvalue weighted by Crippen LogP contribution is 2.33. The maximum absolute atomic E-state index is 14.6. The van der Waals surface area contributed by atoms with Gasteiger partial charge in [-0.05, 0) is 45.4 Å². The number of aromatic nitrogens is 2. The Morgan fingerprint density at radius 3 is 2.41 bits per heavy atom. The number of amides is 1. The van der Waals surface area contributed by atoms with Gasteiger partial charge >= 0.3 is 6.09 Å². The summed E-state index contributed by atoms with van der Waals surface area (Å²) in [5.74, 6) is 0.00470. The van der Waals surface area contributed by atoms with E-state index < -0.39 is 11.4 Å². The number of nitrogens with zero attached hydrogens (tertiary/aromatic N) is 4. The third-order valence-electron chi connectivity index (χ3n) is 4.30. The van der Waals surface area contributed by atoms with E-state index in [2.05, 4.69) is 9.97 Å². The summed E-state index contributed by atoms with van der Waals surface area (Å²) in [6.45, 7) is 9.01. The van der Waals surface area contributed by atoms with Gasteiger partial charge in [0.2, 0.25) is 5.28 Å². The van der Waals surface area contributed by atoms with Gasteiger partial charge in [-0.2, -0.15) is 4.98 Å². The molecule has 1 amide bonds. The number of fused-ring (bicyclic) bond motifs is 1. The number of benzene rings is 1. The molecule has 9 heteroatoms. The second kappa shape index (κ2) is 7.28. The number of carbonyl (C=O) groups excluding carboxylic acids is 1. The van der Waals surface area contributed by atoms with Gasteiger partial charge < -0.3 is 14.5 Å². The fraction of sp³-hybridized carbons (Fsp3) is 0.500. The number of carbonyl (C=O) groups is 1. The molecule has 0 radical (unpaired) electrons. The van der Waals surface area contributed by atoms with Crippen molar-refractivity contribution in [3.8, 4) is 0 Å². The van der Waals surface area contributed by atoms with E-state index in [0.29, 0.717) is 48.0 Å². The van der Waals surface area contributed by atoms with Crippen molar-refractivity contribution < 1.29 is 13.9 Å². The van der Waals surface area contributed by atoms with Crippen LogP contribution in [0.4, 0.5) is 15.0 Å². The van der Waals surface area contributed by atoms with Crippen LogP contribution in [0.3, 0.4) is 0 Å². The minimum absolute atomic E-state index is 0.0345. The molecule has 1 aromatic heterocycles. The van der Waals surface area contributed by atoms with Gasteiger partial charge in [0.15, 0.2) is 5.82 Å². The molecular weight excluding hydrogens is 394 g/mol. The molecule has 0 spiro atoms. The Morgan fingerprint density at radius 2 is 1.81 bits per heavy atom. The van der Waals surface area contributed by atoms with E-state index in [-0.39, 0.29) is 16.9 Å². The molecule has 0 unspecified atom stereocenters. The molecule has 2 heterocycles. The standard InChI is InChI=1S/C18H21Cl2FN4O2/c1-10-12(19)9-11-14(13(10)21)22-16(20)23-15(11)24-5-7-25(8-6-24)17(26)27-18(2,3)4/h9H,5-8H2,1-4H3. The zero-order valence-corrected chi connectivity index (χ0v) is 17.2. The molecule has 0 atom stereocenters. The zero-order valence-electron chi connectivity index (χ0n) is 15.6. The summed E-state index contributed by atoms with van der Waals surface area (Å²) in [5.41, 5.74) is -0.0856. The van der Waals surface area contributed by atoms with E-state index in [9.17, 15) is 9.18 Å². The maximum Gasteiger partial charge on any atom is 0.410 e. The third-order valence-corrected chi connectivity index (χ3v) is 4.86. The first-order chi connectivity index (χ1) is 12.6. The highest BCUT2D eigenvalue weighted by atomic mass is 35.5. The lowest BCUT2D eigenvalue weighted by Gasteiger charge is -2.36. The highest BCUT2D eigenvalue weighted by Gasteiger charge is 2.28. The first-order valence-electron chi connectivity index (χ1n) is 8.61. The molecule has 1 aliphatic heterocycles. The Bertz CT molecular complexity index is 893. The second-order valence-electron chi connectivity index (χ2n) is 7.46. The first-order valence-corrected chi connectivity index (χ1v) is 9.37. The van der Waals surface area contributed by atoms with Gasteiger partial charge in [0.1, 0.15) is 16.9 Å². The monoisotopic (exact) mass is 414 g/mol. The average molecular weight is 415 g/mol. The quantitative estimate of drug-likeness (QED) is 0.645. The lowest BCUT2D eigenvalue weighted by atomic mass is 10.1. The van der Waals surface area contributed by atoms with Crippen LogP contribution in [-0.2, 0) is 4.74 Å². The molecule has 0 N–H and O–H groups in total. The van der Waals surface area contributed by atoms with E-state index in [1.165, 1.54) is 0 Å². The average Bonchev–Trinajstić information content (AvgIpc) is 2.59. The van der Waals surface area contributed by atoms with Crippen molar-refractivity contribution in [1.29, 1.82) is 0 Å². The molecule has 0 bridgehead atoms. The summed E-state index contributed by atoms with van der Waals surface area (Å²) in [6, 6.07) is 1.65. The van der Waals surface area contributed by atoms with Crippen LogP contribution in [0.5, 0.6) is 0 Å². The van der Waals surface area contributed by atoms with Crippen molar-refractivity contribution in [2.24, 2.45) is 0 Å². The van der Waals surface area contributed by atoms with Crippen molar-refractivity contribution in [2.75, 3.05) is 31.1 Å². The van der Waals surface area contributed by atoms with Gasteiger partial charge in [0.25, 0.3) is 0 Å². The maximum atomic E-state index is 14.6. The van der Waals surface area contributed by atoms with Crippen LogP contribution in [0.25, 0.3) is 10.9 Å². The number of anilines is 1. The van der Waals surface area contributed by atoms with Gasteiger partial charge in [-0.3, -0.25) is 0 Å². The smallest absolute Gasteiger partial charge is 0.410 e. The lowest BCUT2D eigenvalue weighted by molar-refractivity contribution is 0.0240. The molecule has 146 valence electrons. The number of ether oxygens (including phenoxy) is 1. The number of rotatable bonds is 1. The van der Waals surface area contributed by atoms with Gasteiger partial charge in [-0.25, -0.2) is 14.2 Å². The predicted octanol–water partition coefficient (Wildman–Crippen LogP) is 4.44. The van der Waals surface area contributed by atoms with Crippen molar-refractivity contribution in [2.45, 2.75) is 33.3 Å². The van der Waals surface area contributed by atoms with Crippen molar-refractivity contribution in [3.05, 3.63) is 27.8 Å². The Hall–Kier alpha value is -1.86. The minimum Gasteiger partial charge on any atom is -0.444 e. The van der Waals surface area contributed by atoms with E-state index in [0.717, 1.165) is 0 Å². The van der Waals surface area contributed by atoms with Gasteiger partial charge in [-0.15, -0.1) is 0 Å². The number of piperazine rings is 1. The number of hydrogen-bond donors (Lipinski definition) is 0. The molecule has 1 saturated heterocycles. The Morgan fingerprint density at radius 1 is 1.19 bits per heavy atom. The summed E-state index contributed by atoms with van der Waals surface area (Å²) in [6.07, 6.45) is -0.350. The van der Waals surface area contributed by atoms with Crippen LogP contribution in [0.2, 0.25) is 10.3 Å². The molecule has 3 rings (SSSR count). The largest absolute Gasteiger partial charge is 0.444 e. The number of hydrogen-bond acceptors (Lipinski definition) is 5.